The molecule has 0 unspecified atom stereocenters. The number of carbonyl (C=O) groups is 1. The van der Waals surface area contributed by atoms with E-state index in [2.05, 4.69) is 21.2 Å². The highest BCUT2D eigenvalue weighted by Crippen LogP contribution is 2.35. The van der Waals surface area contributed by atoms with E-state index < -0.39 is 5.82 Å². The van der Waals surface area contributed by atoms with Crippen molar-refractivity contribution in [1.29, 1.82) is 0 Å². The third-order valence-electron chi connectivity index (χ3n) is 4.61. The van der Waals surface area contributed by atoms with E-state index in [0.717, 1.165) is 15.7 Å². The maximum Gasteiger partial charge on any atom is 0.338 e. The van der Waals surface area contributed by atoms with Gasteiger partial charge in [-0.05, 0) is 61.0 Å². The fraction of sp³-hybridized carbons (Fsp3) is 0.208. The number of carbonyl (C=O) groups excluding carboxylic acids is 1. The van der Waals surface area contributed by atoms with Crippen LogP contribution in [0.5, 0.6) is 11.5 Å². The van der Waals surface area contributed by atoms with Crippen LogP contribution in [0.3, 0.4) is 0 Å². The van der Waals surface area contributed by atoms with Crippen LogP contribution in [0.4, 0.5) is 10.1 Å². The number of halogens is 3. The summed E-state index contributed by atoms with van der Waals surface area (Å²) in [5, 5.41) is 3.61. The quantitative estimate of drug-likeness (QED) is 0.320. The van der Waals surface area contributed by atoms with Gasteiger partial charge in [-0.1, -0.05) is 33.6 Å². The van der Waals surface area contributed by atoms with Gasteiger partial charge in [-0.25, -0.2) is 9.18 Å². The van der Waals surface area contributed by atoms with Gasteiger partial charge in [0.25, 0.3) is 0 Å². The second-order valence-corrected chi connectivity index (χ2v) is 8.03. The molecule has 32 heavy (non-hydrogen) atoms. The topological polar surface area (TPSA) is 56.8 Å². The molecule has 0 aliphatic heterocycles. The lowest BCUT2D eigenvalue weighted by Crippen LogP contribution is -2.05. The molecule has 3 aromatic rings. The Bertz CT molecular complexity index is 1090. The molecule has 0 saturated carbocycles. The minimum absolute atomic E-state index is 0.173. The highest BCUT2D eigenvalue weighted by molar-refractivity contribution is 9.10. The van der Waals surface area contributed by atoms with Gasteiger partial charge in [-0.3, -0.25) is 0 Å². The molecule has 0 fully saturated rings. The Morgan fingerprint density at radius 1 is 1.06 bits per heavy atom. The van der Waals surface area contributed by atoms with E-state index in [1.54, 1.807) is 32.2 Å². The van der Waals surface area contributed by atoms with Crippen LogP contribution in [0.15, 0.2) is 59.1 Å². The van der Waals surface area contributed by atoms with Gasteiger partial charge < -0.3 is 19.5 Å². The smallest absolute Gasteiger partial charge is 0.338 e. The lowest BCUT2D eigenvalue weighted by Gasteiger charge is -2.15. The maximum absolute atomic E-state index is 13.2. The SMILES string of the molecule is CCOC(=O)c1ccc(NCc2cc(OC)c(OCc3ccc(F)cc3Cl)cc2Br)cc1. The van der Waals surface area contributed by atoms with E-state index in [1.165, 1.54) is 12.1 Å². The molecule has 0 aliphatic rings. The lowest BCUT2D eigenvalue weighted by atomic mass is 10.1. The van der Waals surface area contributed by atoms with Crippen LogP contribution in [-0.4, -0.2) is 19.7 Å². The number of hydrogen-bond donors (Lipinski definition) is 1. The first-order chi connectivity index (χ1) is 15.4. The summed E-state index contributed by atoms with van der Waals surface area (Å²) >= 11 is 9.64. The van der Waals surface area contributed by atoms with Crippen molar-refractivity contribution in [3.63, 3.8) is 0 Å². The fourth-order valence-corrected chi connectivity index (χ4v) is 3.60. The number of ether oxygens (including phenoxy) is 3. The molecular formula is C24H22BrClFNO4. The van der Waals surface area contributed by atoms with Gasteiger partial charge >= 0.3 is 5.97 Å². The van der Waals surface area contributed by atoms with Crippen molar-refractivity contribution in [1.82, 2.24) is 0 Å². The molecule has 3 rings (SSSR count). The second-order valence-electron chi connectivity index (χ2n) is 6.77. The Hall–Kier alpha value is -2.77. The summed E-state index contributed by atoms with van der Waals surface area (Å²) in [5.74, 6) is 0.346. The van der Waals surface area contributed by atoms with Crippen LogP contribution in [-0.2, 0) is 17.9 Å². The van der Waals surface area contributed by atoms with Crippen molar-refractivity contribution < 1.29 is 23.4 Å². The van der Waals surface area contributed by atoms with Crippen molar-refractivity contribution in [3.8, 4) is 11.5 Å². The average molecular weight is 523 g/mol. The van der Waals surface area contributed by atoms with Gasteiger partial charge in [0.2, 0.25) is 0 Å². The van der Waals surface area contributed by atoms with Gasteiger partial charge in [0, 0.05) is 22.3 Å². The van der Waals surface area contributed by atoms with E-state index in [0.29, 0.717) is 40.8 Å². The summed E-state index contributed by atoms with van der Waals surface area (Å²) < 4.78 is 30.4. The van der Waals surface area contributed by atoms with Crippen LogP contribution >= 0.6 is 27.5 Å². The minimum atomic E-state index is -0.397. The molecule has 0 heterocycles. The summed E-state index contributed by atoms with van der Waals surface area (Å²) in [6, 6.07) is 14.9. The normalized spacial score (nSPS) is 10.5. The van der Waals surface area contributed by atoms with Crippen LogP contribution < -0.4 is 14.8 Å². The molecule has 0 atom stereocenters. The van der Waals surface area contributed by atoms with Crippen molar-refractivity contribution in [2.24, 2.45) is 0 Å². The maximum atomic E-state index is 13.2. The molecular weight excluding hydrogens is 501 g/mol. The molecule has 1 N–H and O–H groups in total. The molecule has 8 heteroatoms. The third kappa shape index (κ3) is 6.14. The number of rotatable bonds is 9. The first-order valence-corrected chi connectivity index (χ1v) is 11.0. The fourth-order valence-electron chi connectivity index (χ4n) is 2.92. The zero-order chi connectivity index (χ0) is 23.1. The van der Waals surface area contributed by atoms with Crippen molar-refractivity contribution in [2.75, 3.05) is 19.0 Å². The number of hydrogen-bond acceptors (Lipinski definition) is 5. The van der Waals surface area contributed by atoms with E-state index in [-0.39, 0.29) is 12.6 Å². The Labute approximate surface area is 199 Å². The molecule has 0 bridgehead atoms. The third-order valence-corrected chi connectivity index (χ3v) is 5.70. The highest BCUT2D eigenvalue weighted by atomic mass is 79.9. The second kappa shape index (κ2) is 11.2. The monoisotopic (exact) mass is 521 g/mol. The first-order valence-electron chi connectivity index (χ1n) is 9.85. The van der Waals surface area contributed by atoms with E-state index in [1.807, 2.05) is 24.3 Å². The molecule has 0 saturated heterocycles. The molecule has 0 spiro atoms. The van der Waals surface area contributed by atoms with Gasteiger partial charge in [0.1, 0.15) is 12.4 Å². The van der Waals surface area contributed by atoms with Gasteiger partial charge in [0.15, 0.2) is 11.5 Å². The Balaban J connectivity index is 1.67. The van der Waals surface area contributed by atoms with E-state index >= 15 is 0 Å². The zero-order valence-electron chi connectivity index (χ0n) is 17.6. The Morgan fingerprint density at radius 3 is 2.47 bits per heavy atom. The Morgan fingerprint density at radius 2 is 1.81 bits per heavy atom. The molecule has 0 aromatic heterocycles. The molecule has 0 amide bonds. The summed E-state index contributed by atoms with van der Waals surface area (Å²) in [4.78, 5) is 11.8. The van der Waals surface area contributed by atoms with Crippen LogP contribution in [0.1, 0.15) is 28.4 Å². The summed E-state index contributed by atoms with van der Waals surface area (Å²) in [6.07, 6.45) is 0. The van der Waals surface area contributed by atoms with Crippen molar-refractivity contribution in [3.05, 3.63) is 86.6 Å². The van der Waals surface area contributed by atoms with Crippen LogP contribution in [0.2, 0.25) is 5.02 Å². The van der Waals surface area contributed by atoms with Gasteiger partial charge in [-0.2, -0.15) is 0 Å². The first kappa shape index (κ1) is 23.9. The Kier molecular flexibility index (Phi) is 8.36. The number of anilines is 1. The molecule has 3 aromatic carbocycles. The molecule has 168 valence electrons. The van der Waals surface area contributed by atoms with Gasteiger partial charge in [-0.15, -0.1) is 0 Å². The van der Waals surface area contributed by atoms with E-state index in [4.69, 9.17) is 25.8 Å². The van der Waals surface area contributed by atoms with Crippen molar-refractivity contribution in [2.45, 2.75) is 20.1 Å². The molecule has 5 nitrogen and oxygen atoms in total. The highest BCUT2D eigenvalue weighted by Gasteiger charge is 2.12. The summed E-state index contributed by atoms with van der Waals surface area (Å²) in [6.45, 7) is 2.80. The van der Waals surface area contributed by atoms with Crippen LogP contribution in [0, 0.1) is 5.82 Å². The summed E-state index contributed by atoms with van der Waals surface area (Å²) in [7, 11) is 1.56. The molecule has 0 radical (unpaired) electrons. The zero-order valence-corrected chi connectivity index (χ0v) is 19.9. The van der Waals surface area contributed by atoms with Crippen LogP contribution in [0.25, 0.3) is 0 Å². The number of nitrogens with one attached hydrogen (secondary N) is 1. The predicted molar refractivity (Wildman–Crippen MR) is 126 cm³/mol. The van der Waals surface area contributed by atoms with E-state index in [9.17, 15) is 9.18 Å². The average Bonchev–Trinajstić information content (AvgIpc) is 2.78. The minimum Gasteiger partial charge on any atom is -0.493 e. The molecule has 0 aliphatic carbocycles. The van der Waals surface area contributed by atoms with Gasteiger partial charge in [0.05, 0.1) is 24.3 Å². The number of methoxy groups -OCH3 is 1. The predicted octanol–water partition coefficient (Wildman–Crippen LogP) is 6.62. The number of esters is 1. The lowest BCUT2D eigenvalue weighted by molar-refractivity contribution is 0.0526. The number of benzene rings is 3. The largest absolute Gasteiger partial charge is 0.493 e. The standard InChI is InChI=1S/C24H22BrClFNO4/c1-3-31-24(29)15-5-8-19(9-6-15)28-13-17-10-22(30-2)23(12-20(17)25)32-14-16-4-7-18(27)11-21(16)26/h4-12,28H,3,13-14H2,1-2H3. The summed E-state index contributed by atoms with van der Waals surface area (Å²) in [5.41, 5.74) is 2.98. The van der Waals surface area contributed by atoms with Crippen molar-refractivity contribution >= 4 is 39.2 Å².